The zero-order chi connectivity index (χ0) is 13.1. The summed E-state index contributed by atoms with van der Waals surface area (Å²) in [6, 6.07) is 0.0820. The van der Waals surface area contributed by atoms with Crippen LogP contribution in [0, 0.1) is 0 Å². The van der Waals surface area contributed by atoms with E-state index in [-0.39, 0.29) is 18.2 Å². The predicted octanol–water partition coefficient (Wildman–Crippen LogP) is 1.36. The Labute approximate surface area is 103 Å². The minimum absolute atomic E-state index is 0.0243. The summed E-state index contributed by atoms with van der Waals surface area (Å²) in [6.07, 6.45) is 0.519. The van der Waals surface area contributed by atoms with Crippen molar-refractivity contribution in [3.05, 3.63) is 0 Å². The summed E-state index contributed by atoms with van der Waals surface area (Å²) in [5.74, 6) is 0. The first-order chi connectivity index (χ1) is 7.78. The van der Waals surface area contributed by atoms with Gasteiger partial charge in [0.05, 0.1) is 19.3 Å². The first-order valence-electron chi connectivity index (χ1n) is 6.13. The SMILES string of the molecule is C[C@H](N)CC1CN(C(=O)OC(C)(C)C)CCO1. The van der Waals surface area contributed by atoms with Gasteiger partial charge in [0.15, 0.2) is 0 Å². The highest BCUT2D eigenvalue weighted by molar-refractivity contribution is 5.68. The van der Waals surface area contributed by atoms with Crippen molar-refractivity contribution in [3.8, 4) is 0 Å². The quantitative estimate of drug-likeness (QED) is 0.796. The van der Waals surface area contributed by atoms with Crippen LogP contribution in [0.5, 0.6) is 0 Å². The fourth-order valence-electron chi connectivity index (χ4n) is 1.77. The lowest BCUT2D eigenvalue weighted by atomic mass is 10.1. The van der Waals surface area contributed by atoms with E-state index in [1.54, 1.807) is 4.90 Å². The van der Waals surface area contributed by atoms with Gasteiger partial charge >= 0.3 is 6.09 Å². The highest BCUT2D eigenvalue weighted by Crippen LogP contribution is 2.14. The van der Waals surface area contributed by atoms with Crippen molar-refractivity contribution < 1.29 is 14.3 Å². The molecule has 1 rings (SSSR count). The zero-order valence-corrected chi connectivity index (χ0v) is 11.2. The lowest BCUT2D eigenvalue weighted by molar-refractivity contribution is -0.0459. The summed E-state index contributed by atoms with van der Waals surface area (Å²) in [4.78, 5) is 13.6. The van der Waals surface area contributed by atoms with E-state index in [9.17, 15) is 4.79 Å². The average molecular weight is 244 g/mol. The number of ether oxygens (including phenoxy) is 2. The fraction of sp³-hybridized carbons (Fsp3) is 0.917. The highest BCUT2D eigenvalue weighted by atomic mass is 16.6. The van der Waals surface area contributed by atoms with Crippen molar-refractivity contribution in [2.45, 2.75) is 51.9 Å². The number of hydrogen-bond donors (Lipinski definition) is 1. The smallest absolute Gasteiger partial charge is 0.410 e. The van der Waals surface area contributed by atoms with E-state index in [1.165, 1.54) is 0 Å². The molecule has 1 unspecified atom stereocenters. The molecule has 17 heavy (non-hydrogen) atoms. The third kappa shape index (κ3) is 5.37. The molecule has 1 aliphatic heterocycles. The Kier molecular flexibility index (Phi) is 4.77. The van der Waals surface area contributed by atoms with Crippen LogP contribution in [0.15, 0.2) is 0 Å². The summed E-state index contributed by atoms with van der Waals surface area (Å²) in [5.41, 5.74) is 5.28. The van der Waals surface area contributed by atoms with E-state index < -0.39 is 5.60 Å². The minimum atomic E-state index is -0.452. The third-order valence-electron chi connectivity index (χ3n) is 2.43. The molecule has 0 aliphatic carbocycles. The third-order valence-corrected chi connectivity index (χ3v) is 2.43. The number of amides is 1. The highest BCUT2D eigenvalue weighted by Gasteiger charge is 2.28. The topological polar surface area (TPSA) is 64.8 Å². The van der Waals surface area contributed by atoms with Gasteiger partial charge in [0.25, 0.3) is 0 Å². The van der Waals surface area contributed by atoms with Crippen molar-refractivity contribution in [2.24, 2.45) is 5.73 Å². The Hall–Kier alpha value is -0.810. The Bertz CT molecular complexity index is 261. The van der Waals surface area contributed by atoms with E-state index in [1.807, 2.05) is 27.7 Å². The molecule has 1 heterocycles. The number of nitrogens with zero attached hydrogens (tertiary/aromatic N) is 1. The minimum Gasteiger partial charge on any atom is -0.444 e. The van der Waals surface area contributed by atoms with E-state index in [0.29, 0.717) is 19.7 Å². The summed E-state index contributed by atoms with van der Waals surface area (Å²) in [6.45, 7) is 9.24. The first kappa shape index (κ1) is 14.3. The van der Waals surface area contributed by atoms with Gasteiger partial charge in [0.1, 0.15) is 5.60 Å². The number of carbonyl (C=O) groups is 1. The van der Waals surface area contributed by atoms with Crippen LogP contribution >= 0.6 is 0 Å². The van der Waals surface area contributed by atoms with Crippen molar-refractivity contribution in [3.63, 3.8) is 0 Å². The van der Waals surface area contributed by atoms with Crippen molar-refractivity contribution in [1.82, 2.24) is 4.90 Å². The molecule has 0 saturated carbocycles. The van der Waals surface area contributed by atoms with Gasteiger partial charge in [-0.3, -0.25) is 0 Å². The molecule has 0 radical (unpaired) electrons. The van der Waals surface area contributed by atoms with Gasteiger partial charge in [-0.25, -0.2) is 4.79 Å². The molecular weight excluding hydrogens is 220 g/mol. The van der Waals surface area contributed by atoms with Crippen molar-refractivity contribution >= 4 is 6.09 Å². The standard InChI is InChI=1S/C12H24N2O3/c1-9(13)7-10-8-14(5-6-16-10)11(15)17-12(2,3)4/h9-10H,5-8,13H2,1-4H3/t9-,10?/m0/s1. The monoisotopic (exact) mass is 244 g/mol. The molecule has 1 saturated heterocycles. The van der Waals surface area contributed by atoms with Crippen LogP contribution < -0.4 is 5.73 Å². The van der Waals surface area contributed by atoms with Crippen LogP contribution in [0.4, 0.5) is 4.79 Å². The summed E-state index contributed by atoms with van der Waals surface area (Å²) >= 11 is 0. The van der Waals surface area contributed by atoms with Gasteiger partial charge in [0.2, 0.25) is 0 Å². The second-order valence-electron chi connectivity index (χ2n) is 5.63. The molecule has 1 aliphatic rings. The van der Waals surface area contributed by atoms with Crippen LogP contribution in [-0.2, 0) is 9.47 Å². The maximum Gasteiger partial charge on any atom is 0.410 e. The molecule has 0 aromatic rings. The molecule has 0 aromatic heterocycles. The van der Waals surface area contributed by atoms with Crippen LogP contribution in [0.25, 0.3) is 0 Å². The summed E-state index contributed by atoms with van der Waals surface area (Å²) < 4.78 is 10.9. The van der Waals surface area contributed by atoms with E-state index in [0.717, 1.165) is 6.42 Å². The maximum absolute atomic E-state index is 11.9. The molecule has 1 amide bonds. The zero-order valence-electron chi connectivity index (χ0n) is 11.2. The molecule has 0 spiro atoms. The average Bonchev–Trinajstić information content (AvgIpc) is 2.14. The predicted molar refractivity (Wildman–Crippen MR) is 65.8 cm³/mol. The lowest BCUT2D eigenvalue weighted by Crippen LogP contribution is -2.48. The van der Waals surface area contributed by atoms with Crippen LogP contribution in [0.3, 0.4) is 0 Å². The molecule has 100 valence electrons. The van der Waals surface area contributed by atoms with Gasteiger partial charge in [-0.2, -0.15) is 0 Å². The molecule has 5 heteroatoms. The normalized spacial score (nSPS) is 23.4. The summed E-state index contributed by atoms with van der Waals surface area (Å²) in [5, 5.41) is 0. The number of nitrogens with two attached hydrogens (primary N) is 1. The van der Waals surface area contributed by atoms with E-state index in [2.05, 4.69) is 0 Å². The Morgan fingerprint density at radius 1 is 1.59 bits per heavy atom. The number of carbonyl (C=O) groups excluding carboxylic acids is 1. The van der Waals surface area contributed by atoms with Crippen molar-refractivity contribution in [1.29, 1.82) is 0 Å². The molecule has 2 atom stereocenters. The second-order valence-corrected chi connectivity index (χ2v) is 5.63. The largest absolute Gasteiger partial charge is 0.444 e. The Balaban J connectivity index is 2.46. The number of rotatable bonds is 2. The molecule has 2 N–H and O–H groups in total. The summed E-state index contributed by atoms with van der Waals surface area (Å²) in [7, 11) is 0. The molecule has 0 aromatic carbocycles. The van der Waals surface area contributed by atoms with E-state index >= 15 is 0 Å². The van der Waals surface area contributed by atoms with Crippen LogP contribution in [0.1, 0.15) is 34.1 Å². The number of hydrogen-bond acceptors (Lipinski definition) is 4. The van der Waals surface area contributed by atoms with Gasteiger partial charge in [-0.05, 0) is 34.1 Å². The molecule has 0 bridgehead atoms. The second kappa shape index (κ2) is 5.69. The Morgan fingerprint density at radius 3 is 2.76 bits per heavy atom. The van der Waals surface area contributed by atoms with Crippen LogP contribution in [0.2, 0.25) is 0 Å². The van der Waals surface area contributed by atoms with Gasteiger partial charge < -0.3 is 20.1 Å². The maximum atomic E-state index is 11.9. The molecular formula is C12H24N2O3. The van der Waals surface area contributed by atoms with Crippen LogP contribution in [-0.4, -0.2) is 48.4 Å². The Morgan fingerprint density at radius 2 is 2.24 bits per heavy atom. The lowest BCUT2D eigenvalue weighted by Gasteiger charge is -2.34. The molecule has 1 fully saturated rings. The van der Waals surface area contributed by atoms with Gasteiger partial charge in [-0.1, -0.05) is 0 Å². The van der Waals surface area contributed by atoms with Gasteiger partial charge in [-0.15, -0.1) is 0 Å². The van der Waals surface area contributed by atoms with Crippen molar-refractivity contribution in [2.75, 3.05) is 19.7 Å². The van der Waals surface area contributed by atoms with E-state index in [4.69, 9.17) is 15.2 Å². The van der Waals surface area contributed by atoms with Gasteiger partial charge in [0, 0.05) is 12.6 Å². The molecule has 5 nitrogen and oxygen atoms in total. The number of morpholine rings is 1. The fourth-order valence-corrected chi connectivity index (χ4v) is 1.77. The first-order valence-corrected chi connectivity index (χ1v) is 6.13.